The van der Waals surface area contributed by atoms with Crippen LogP contribution in [0.5, 0.6) is 5.75 Å². The van der Waals surface area contributed by atoms with Gasteiger partial charge in [-0.2, -0.15) is 0 Å². The Hall–Kier alpha value is -3.34. The minimum absolute atomic E-state index is 0.108. The van der Waals surface area contributed by atoms with E-state index in [0.717, 1.165) is 44.0 Å². The van der Waals surface area contributed by atoms with Crippen LogP contribution in [0.25, 0.3) is 0 Å². The van der Waals surface area contributed by atoms with E-state index in [-0.39, 0.29) is 18.1 Å². The number of thiazole rings is 1. The highest BCUT2D eigenvalue weighted by Crippen LogP contribution is 2.17. The van der Waals surface area contributed by atoms with E-state index in [9.17, 15) is 14.0 Å². The van der Waals surface area contributed by atoms with Crippen LogP contribution in [0.4, 0.5) is 4.39 Å². The zero-order chi connectivity index (χ0) is 24.5. The summed E-state index contributed by atoms with van der Waals surface area (Å²) in [7, 11) is 0. The van der Waals surface area contributed by atoms with Crippen molar-refractivity contribution < 1.29 is 28.2 Å². The van der Waals surface area contributed by atoms with Gasteiger partial charge in [-0.3, -0.25) is 9.69 Å². The number of hydrogen-bond donors (Lipinski definition) is 1. The summed E-state index contributed by atoms with van der Waals surface area (Å²) in [6, 6.07) is 13.6. The zero-order valence-electron chi connectivity index (χ0n) is 19.1. The first-order valence-electron chi connectivity index (χ1n) is 11.2. The normalized spacial score (nSPS) is 13.9. The van der Waals surface area contributed by atoms with Gasteiger partial charge in [0, 0.05) is 31.6 Å². The number of nitrogens with one attached hydrogen (secondary N) is 1. The van der Waals surface area contributed by atoms with E-state index >= 15 is 0 Å². The SMILES string of the molecule is O=C(COC(=O)c1csc(COc2ccc(F)cc2)n1)NCc1ccccc1CN1CCOCC1. The molecule has 0 saturated carbocycles. The third-order valence-corrected chi connectivity index (χ3v) is 6.19. The van der Waals surface area contributed by atoms with Crippen LogP contribution >= 0.6 is 11.3 Å². The lowest BCUT2D eigenvalue weighted by molar-refractivity contribution is -0.124. The van der Waals surface area contributed by atoms with E-state index in [4.69, 9.17) is 14.2 Å². The van der Waals surface area contributed by atoms with E-state index in [1.807, 2.05) is 18.2 Å². The number of rotatable bonds is 10. The molecule has 1 aliphatic rings. The predicted octanol–water partition coefficient (Wildman–Crippen LogP) is 3.17. The molecule has 1 amide bonds. The maximum atomic E-state index is 13.0. The molecule has 1 aliphatic heterocycles. The van der Waals surface area contributed by atoms with Crippen LogP contribution < -0.4 is 10.1 Å². The van der Waals surface area contributed by atoms with Crippen molar-refractivity contribution in [2.45, 2.75) is 19.7 Å². The van der Waals surface area contributed by atoms with Crippen LogP contribution in [-0.4, -0.2) is 54.7 Å². The molecule has 0 bridgehead atoms. The number of esters is 1. The minimum Gasteiger partial charge on any atom is -0.486 e. The second kappa shape index (κ2) is 12.4. The minimum atomic E-state index is -0.683. The molecule has 1 saturated heterocycles. The number of morpholine rings is 1. The highest BCUT2D eigenvalue weighted by atomic mass is 32.1. The summed E-state index contributed by atoms with van der Waals surface area (Å²) in [5, 5.41) is 4.91. The van der Waals surface area contributed by atoms with Gasteiger partial charge in [0.2, 0.25) is 0 Å². The van der Waals surface area contributed by atoms with Crippen LogP contribution in [0.15, 0.2) is 53.9 Å². The van der Waals surface area contributed by atoms with Gasteiger partial charge < -0.3 is 19.5 Å². The number of benzene rings is 2. The number of nitrogens with zero attached hydrogens (tertiary/aromatic N) is 2. The summed E-state index contributed by atoms with van der Waals surface area (Å²) in [4.78, 5) is 31.0. The van der Waals surface area contributed by atoms with Gasteiger partial charge in [0.15, 0.2) is 12.3 Å². The topological polar surface area (TPSA) is 90.0 Å². The third-order valence-electron chi connectivity index (χ3n) is 5.36. The van der Waals surface area contributed by atoms with Crippen molar-refractivity contribution in [3.05, 3.63) is 81.6 Å². The van der Waals surface area contributed by atoms with Gasteiger partial charge >= 0.3 is 5.97 Å². The Morgan fingerprint density at radius 2 is 1.83 bits per heavy atom. The van der Waals surface area contributed by atoms with Crippen LogP contribution in [0.2, 0.25) is 0 Å². The maximum Gasteiger partial charge on any atom is 0.358 e. The van der Waals surface area contributed by atoms with Gasteiger partial charge in [0.1, 0.15) is 23.2 Å². The largest absolute Gasteiger partial charge is 0.486 e. The van der Waals surface area contributed by atoms with Crippen molar-refractivity contribution in [1.82, 2.24) is 15.2 Å². The van der Waals surface area contributed by atoms with Crippen molar-refractivity contribution in [1.29, 1.82) is 0 Å². The summed E-state index contributed by atoms with van der Waals surface area (Å²) in [6.07, 6.45) is 0. The molecular weight excluding hydrogens is 473 g/mol. The summed E-state index contributed by atoms with van der Waals surface area (Å²) in [5.74, 6) is -0.932. The van der Waals surface area contributed by atoms with Gasteiger partial charge in [-0.25, -0.2) is 14.2 Å². The molecule has 3 aromatic rings. The Bertz CT molecular complexity index is 1130. The average molecular weight is 500 g/mol. The Morgan fingerprint density at radius 3 is 2.60 bits per heavy atom. The molecule has 0 atom stereocenters. The zero-order valence-corrected chi connectivity index (χ0v) is 19.9. The van der Waals surface area contributed by atoms with Gasteiger partial charge in [-0.05, 0) is 35.4 Å². The summed E-state index contributed by atoms with van der Waals surface area (Å²) >= 11 is 1.23. The summed E-state index contributed by atoms with van der Waals surface area (Å²) < 4.78 is 29.0. The quantitative estimate of drug-likeness (QED) is 0.429. The molecule has 184 valence electrons. The monoisotopic (exact) mass is 499 g/mol. The highest BCUT2D eigenvalue weighted by molar-refractivity contribution is 7.09. The second-order valence-electron chi connectivity index (χ2n) is 7.88. The smallest absolute Gasteiger partial charge is 0.358 e. The van der Waals surface area contributed by atoms with Gasteiger partial charge in [-0.15, -0.1) is 11.3 Å². The molecular formula is C25H26FN3O5S. The van der Waals surface area contributed by atoms with Gasteiger partial charge in [0.05, 0.1) is 13.2 Å². The second-order valence-corrected chi connectivity index (χ2v) is 8.82. The van der Waals surface area contributed by atoms with Crippen LogP contribution in [0.1, 0.15) is 26.6 Å². The molecule has 1 aromatic heterocycles. The Labute approximate surface area is 206 Å². The number of aromatic nitrogens is 1. The van der Waals surface area contributed by atoms with Gasteiger partial charge in [-0.1, -0.05) is 24.3 Å². The fourth-order valence-electron chi connectivity index (χ4n) is 3.48. The van der Waals surface area contributed by atoms with Crippen molar-refractivity contribution >= 4 is 23.2 Å². The summed E-state index contributed by atoms with van der Waals surface area (Å²) in [5.41, 5.74) is 2.27. The standard InChI is InChI=1S/C25H26FN3O5S/c26-20-5-7-21(8-6-20)33-16-24-28-22(17-35-24)25(31)34-15-23(30)27-13-18-3-1-2-4-19(18)14-29-9-11-32-12-10-29/h1-8,17H,9-16H2,(H,27,30). The lowest BCUT2D eigenvalue weighted by Crippen LogP contribution is -2.36. The van der Waals surface area contributed by atoms with E-state index in [0.29, 0.717) is 17.3 Å². The number of amides is 1. The Balaban J connectivity index is 1.21. The van der Waals surface area contributed by atoms with E-state index in [2.05, 4.69) is 21.3 Å². The molecule has 1 fully saturated rings. The van der Waals surface area contributed by atoms with E-state index in [1.54, 1.807) is 5.38 Å². The highest BCUT2D eigenvalue weighted by Gasteiger charge is 2.16. The third kappa shape index (κ3) is 7.57. The molecule has 0 radical (unpaired) electrons. The molecule has 4 rings (SSSR count). The molecule has 0 aliphatic carbocycles. The van der Waals surface area contributed by atoms with Crippen molar-refractivity contribution in [2.75, 3.05) is 32.9 Å². The number of hydrogen-bond acceptors (Lipinski definition) is 8. The lowest BCUT2D eigenvalue weighted by atomic mass is 10.1. The van der Waals surface area contributed by atoms with E-state index < -0.39 is 18.5 Å². The first-order valence-corrected chi connectivity index (χ1v) is 12.1. The van der Waals surface area contributed by atoms with Crippen molar-refractivity contribution in [3.63, 3.8) is 0 Å². The fourth-order valence-corrected chi connectivity index (χ4v) is 4.16. The van der Waals surface area contributed by atoms with Gasteiger partial charge in [0.25, 0.3) is 5.91 Å². The fraction of sp³-hybridized carbons (Fsp3) is 0.320. The molecule has 8 nitrogen and oxygen atoms in total. The number of carbonyl (C=O) groups is 2. The molecule has 0 spiro atoms. The maximum absolute atomic E-state index is 13.0. The van der Waals surface area contributed by atoms with Crippen LogP contribution in [0.3, 0.4) is 0 Å². The molecule has 2 heterocycles. The molecule has 1 N–H and O–H groups in total. The average Bonchev–Trinajstić information content (AvgIpc) is 3.36. The van der Waals surface area contributed by atoms with Crippen LogP contribution in [0, 0.1) is 5.82 Å². The predicted molar refractivity (Wildman–Crippen MR) is 128 cm³/mol. The van der Waals surface area contributed by atoms with Crippen molar-refractivity contribution in [3.8, 4) is 5.75 Å². The number of ether oxygens (including phenoxy) is 3. The lowest BCUT2D eigenvalue weighted by Gasteiger charge is -2.27. The first-order chi connectivity index (χ1) is 17.1. The summed E-state index contributed by atoms with van der Waals surface area (Å²) in [6.45, 7) is 4.09. The first kappa shape index (κ1) is 24.8. The number of carbonyl (C=O) groups excluding carboxylic acids is 2. The number of halogens is 1. The van der Waals surface area contributed by atoms with Crippen molar-refractivity contribution in [2.24, 2.45) is 0 Å². The Kier molecular flexibility index (Phi) is 8.77. The Morgan fingerprint density at radius 1 is 1.09 bits per heavy atom. The van der Waals surface area contributed by atoms with Crippen LogP contribution in [-0.2, 0) is 34.0 Å². The van der Waals surface area contributed by atoms with E-state index in [1.165, 1.54) is 35.6 Å². The molecule has 35 heavy (non-hydrogen) atoms. The molecule has 2 aromatic carbocycles. The molecule has 0 unspecified atom stereocenters. The molecule has 10 heteroatoms.